The van der Waals surface area contributed by atoms with Crippen LogP contribution in [-0.2, 0) is 26.0 Å². The fourth-order valence-electron chi connectivity index (χ4n) is 4.36. The van der Waals surface area contributed by atoms with Crippen LogP contribution in [0.2, 0.25) is 0 Å². The van der Waals surface area contributed by atoms with Gasteiger partial charge in [-0.05, 0) is 81.8 Å². The quantitative estimate of drug-likeness (QED) is 0.232. The summed E-state index contributed by atoms with van der Waals surface area (Å²) in [5, 5.41) is 2.95. The fraction of sp³-hybridized carbons (Fsp3) is 0.375. The van der Waals surface area contributed by atoms with Gasteiger partial charge in [-0.2, -0.15) is 0 Å². The molecule has 0 spiro atoms. The van der Waals surface area contributed by atoms with Crippen molar-refractivity contribution in [2.24, 2.45) is 0 Å². The van der Waals surface area contributed by atoms with Gasteiger partial charge < -0.3 is 15.0 Å². The van der Waals surface area contributed by atoms with E-state index < -0.39 is 28.5 Å². The van der Waals surface area contributed by atoms with E-state index in [2.05, 4.69) is 5.32 Å². The number of hydrogen-bond donors (Lipinski definition) is 1. The Morgan fingerprint density at radius 2 is 1.57 bits per heavy atom. The number of sulfonamides is 1. The van der Waals surface area contributed by atoms with E-state index in [1.165, 1.54) is 28.8 Å². The van der Waals surface area contributed by atoms with Crippen molar-refractivity contribution in [3.8, 4) is 5.75 Å². The van der Waals surface area contributed by atoms with Crippen LogP contribution in [0.25, 0.3) is 0 Å². The summed E-state index contributed by atoms with van der Waals surface area (Å²) in [5.41, 5.74) is 1.26. The summed E-state index contributed by atoms with van der Waals surface area (Å²) in [6.07, 6.45) is 3.16. The van der Waals surface area contributed by atoms with Gasteiger partial charge in [-0.3, -0.25) is 13.9 Å². The summed E-state index contributed by atoms with van der Waals surface area (Å²) in [6, 6.07) is 22.1. The lowest BCUT2D eigenvalue weighted by Crippen LogP contribution is -2.53. The van der Waals surface area contributed by atoms with Crippen molar-refractivity contribution in [1.82, 2.24) is 10.2 Å². The Balaban J connectivity index is 2.03. The number of rotatable bonds is 15. The molecule has 0 aromatic heterocycles. The molecule has 3 rings (SSSR count). The van der Waals surface area contributed by atoms with Crippen molar-refractivity contribution >= 4 is 39.3 Å². The maximum atomic E-state index is 14.1. The first kappa shape index (κ1) is 33.0. The van der Waals surface area contributed by atoms with Gasteiger partial charge in [0.1, 0.15) is 18.3 Å². The number of thioether (sulfide) groups is 1. The second kappa shape index (κ2) is 15.7. The van der Waals surface area contributed by atoms with Crippen LogP contribution in [0.1, 0.15) is 39.7 Å². The van der Waals surface area contributed by atoms with Crippen molar-refractivity contribution in [3.05, 3.63) is 84.4 Å². The van der Waals surface area contributed by atoms with Gasteiger partial charge in [-0.1, -0.05) is 49.4 Å². The molecule has 42 heavy (non-hydrogen) atoms. The third-order valence-corrected chi connectivity index (χ3v) is 9.53. The smallest absolute Gasteiger partial charge is 0.264 e. The Bertz CT molecular complexity index is 1420. The zero-order chi connectivity index (χ0) is 30.7. The lowest BCUT2D eigenvalue weighted by Gasteiger charge is -2.33. The third-order valence-electron chi connectivity index (χ3n) is 7.01. The molecule has 0 saturated heterocycles. The van der Waals surface area contributed by atoms with Crippen LogP contribution in [0.5, 0.6) is 5.75 Å². The number of amides is 2. The lowest BCUT2D eigenvalue weighted by atomic mass is 10.1. The molecule has 0 bridgehead atoms. The number of hydrogen-bond acceptors (Lipinski definition) is 6. The fourth-order valence-corrected chi connectivity index (χ4v) is 6.20. The van der Waals surface area contributed by atoms with E-state index in [0.717, 1.165) is 21.2 Å². The molecule has 1 N–H and O–H groups in total. The highest BCUT2D eigenvalue weighted by Gasteiger charge is 2.33. The normalized spacial score (nSPS) is 12.7. The predicted octanol–water partition coefficient (Wildman–Crippen LogP) is 5.38. The molecule has 226 valence electrons. The number of carbonyl (C=O) groups is 2. The SMILES string of the molecule is CCOc1ccccc1N(CC(=O)N(CCc1ccccc1)[C@@H](C)C(=O)N[C@H](C)CC)S(=O)(=O)c1ccc(SC)cc1. The first-order valence-corrected chi connectivity index (χ1v) is 16.8. The van der Waals surface area contributed by atoms with Crippen molar-refractivity contribution < 1.29 is 22.7 Å². The van der Waals surface area contributed by atoms with Crippen LogP contribution in [0, 0.1) is 0 Å². The average Bonchev–Trinajstić information content (AvgIpc) is 3.00. The molecule has 0 fully saturated rings. The van der Waals surface area contributed by atoms with E-state index in [9.17, 15) is 18.0 Å². The Kier molecular flexibility index (Phi) is 12.3. The van der Waals surface area contributed by atoms with Gasteiger partial charge in [-0.15, -0.1) is 11.8 Å². The lowest BCUT2D eigenvalue weighted by molar-refractivity contribution is -0.139. The maximum absolute atomic E-state index is 14.1. The van der Waals surface area contributed by atoms with Crippen molar-refractivity contribution in [3.63, 3.8) is 0 Å². The van der Waals surface area contributed by atoms with Crippen LogP contribution in [0.4, 0.5) is 5.69 Å². The Hall–Kier alpha value is -3.50. The van der Waals surface area contributed by atoms with E-state index >= 15 is 0 Å². The molecule has 0 aliphatic carbocycles. The van der Waals surface area contributed by atoms with E-state index in [0.29, 0.717) is 18.8 Å². The standard InChI is InChI=1S/C32H41N3O5S2/c1-6-24(3)33-32(37)25(4)34(22-21-26-13-9-8-10-14-26)31(36)23-35(29-15-11-12-16-30(29)40-7-2)42(38,39)28-19-17-27(41-5)18-20-28/h8-20,24-25H,6-7,21-23H2,1-5H3,(H,33,37)/t24-,25+/m1/s1. The zero-order valence-electron chi connectivity index (χ0n) is 24.9. The molecular weight excluding hydrogens is 571 g/mol. The first-order valence-electron chi connectivity index (χ1n) is 14.1. The minimum atomic E-state index is -4.19. The molecule has 3 aromatic carbocycles. The van der Waals surface area contributed by atoms with Crippen molar-refractivity contribution in [1.29, 1.82) is 0 Å². The van der Waals surface area contributed by atoms with Crippen LogP contribution in [-0.4, -0.2) is 63.2 Å². The largest absolute Gasteiger partial charge is 0.492 e. The van der Waals surface area contributed by atoms with Crippen molar-refractivity contribution in [2.75, 3.05) is 30.3 Å². The minimum absolute atomic E-state index is 0.0535. The Morgan fingerprint density at radius 1 is 0.929 bits per heavy atom. The summed E-state index contributed by atoms with van der Waals surface area (Å²) in [5.74, 6) is -0.439. The van der Waals surface area contributed by atoms with Gasteiger partial charge in [0.2, 0.25) is 11.8 Å². The minimum Gasteiger partial charge on any atom is -0.492 e. The highest BCUT2D eigenvalue weighted by atomic mass is 32.2. The second-order valence-corrected chi connectivity index (χ2v) is 12.6. The van der Waals surface area contributed by atoms with Gasteiger partial charge >= 0.3 is 0 Å². The number of anilines is 1. The van der Waals surface area contributed by atoms with E-state index in [1.807, 2.05) is 57.4 Å². The molecule has 0 radical (unpaired) electrons. The van der Waals surface area contributed by atoms with Crippen LogP contribution >= 0.6 is 11.8 Å². The van der Waals surface area contributed by atoms with Crippen molar-refractivity contribution in [2.45, 2.75) is 62.4 Å². The van der Waals surface area contributed by atoms with E-state index in [-0.39, 0.29) is 29.1 Å². The molecule has 0 aliphatic rings. The number of nitrogens with zero attached hydrogens (tertiary/aromatic N) is 2. The summed E-state index contributed by atoms with van der Waals surface area (Å²) in [7, 11) is -4.19. The van der Waals surface area contributed by atoms with Crippen LogP contribution < -0.4 is 14.4 Å². The molecule has 3 aromatic rings. The number of para-hydroxylation sites is 2. The summed E-state index contributed by atoms with van der Waals surface area (Å²) >= 11 is 1.50. The summed E-state index contributed by atoms with van der Waals surface area (Å²) in [4.78, 5) is 29.7. The molecule has 2 atom stereocenters. The van der Waals surface area contributed by atoms with Crippen LogP contribution in [0.15, 0.2) is 88.7 Å². The molecule has 0 unspecified atom stereocenters. The molecule has 2 amide bonds. The number of carbonyl (C=O) groups excluding carboxylic acids is 2. The average molecular weight is 612 g/mol. The molecule has 8 nitrogen and oxygen atoms in total. The molecule has 0 aliphatic heterocycles. The second-order valence-electron chi connectivity index (χ2n) is 9.90. The Labute approximate surface area is 254 Å². The monoisotopic (exact) mass is 611 g/mol. The maximum Gasteiger partial charge on any atom is 0.264 e. The molecule has 0 heterocycles. The molecule has 10 heteroatoms. The van der Waals surface area contributed by atoms with E-state index in [4.69, 9.17) is 4.74 Å². The number of nitrogens with one attached hydrogen (secondary N) is 1. The summed E-state index contributed by atoms with van der Waals surface area (Å²) < 4.78 is 35.1. The highest BCUT2D eigenvalue weighted by Crippen LogP contribution is 2.33. The molecular formula is C32H41N3O5S2. The van der Waals surface area contributed by atoms with Gasteiger partial charge in [-0.25, -0.2) is 8.42 Å². The summed E-state index contributed by atoms with van der Waals surface area (Å²) in [6.45, 7) is 7.41. The van der Waals surface area contributed by atoms with Gasteiger partial charge in [0, 0.05) is 17.5 Å². The molecule has 0 saturated carbocycles. The van der Waals surface area contributed by atoms with Gasteiger partial charge in [0.15, 0.2) is 0 Å². The van der Waals surface area contributed by atoms with Gasteiger partial charge in [0.05, 0.1) is 17.2 Å². The van der Waals surface area contributed by atoms with Gasteiger partial charge in [0.25, 0.3) is 10.0 Å². The Morgan fingerprint density at radius 3 is 2.19 bits per heavy atom. The van der Waals surface area contributed by atoms with E-state index in [1.54, 1.807) is 43.3 Å². The third kappa shape index (κ3) is 8.51. The highest BCUT2D eigenvalue weighted by molar-refractivity contribution is 7.98. The topological polar surface area (TPSA) is 96.0 Å². The van der Waals surface area contributed by atoms with Crippen LogP contribution in [0.3, 0.4) is 0 Å². The predicted molar refractivity (Wildman–Crippen MR) is 170 cm³/mol. The number of ether oxygens (including phenoxy) is 1. The first-order chi connectivity index (χ1) is 20.1. The zero-order valence-corrected chi connectivity index (χ0v) is 26.6. The number of benzene rings is 3.